The monoisotopic (exact) mass is 476 g/mol. The average molecular weight is 477 g/mol. The van der Waals surface area contributed by atoms with Crippen molar-refractivity contribution in [2.24, 2.45) is 5.73 Å². The van der Waals surface area contributed by atoms with Crippen LogP contribution in [0.1, 0.15) is 58.4 Å². The lowest BCUT2D eigenvalue weighted by Gasteiger charge is -2.27. The molecule has 6 N–H and O–H groups in total. The summed E-state index contributed by atoms with van der Waals surface area (Å²) in [4.78, 5) is 50.7. The predicted octanol–water partition coefficient (Wildman–Crippen LogP) is 0.654. The summed E-state index contributed by atoms with van der Waals surface area (Å²) in [6, 6.07) is 3.32. The van der Waals surface area contributed by atoms with Crippen molar-refractivity contribution in [3.63, 3.8) is 0 Å². The SMILES string of the molecule is CC(C)(C)OC(=O)C1CCCCNC(=O)CC[C@H](N)C(=O)NC(Cc2ccc(O)cc2)C(=O)N1. The van der Waals surface area contributed by atoms with Crippen molar-refractivity contribution in [3.8, 4) is 5.75 Å². The molecule has 10 nitrogen and oxygen atoms in total. The number of benzene rings is 1. The molecule has 1 aromatic carbocycles. The third-order valence-corrected chi connectivity index (χ3v) is 5.28. The molecule has 1 aromatic rings. The van der Waals surface area contributed by atoms with Gasteiger partial charge in [0, 0.05) is 19.4 Å². The maximum atomic E-state index is 13.2. The minimum atomic E-state index is -1.02. The molecule has 10 heteroatoms. The number of phenols is 1. The maximum Gasteiger partial charge on any atom is 0.329 e. The lowest BCUT2D eigenvalue weighted by atomic mass is 10.0. The summed E-state index contributed by atoms with van der Waals surface area (Å²) in [5, 5.41) is 17.7. The lowest BCUT2D eigenvalue weighted by Crippen LogP contribution is -2.55. The van der Waals surface area contributed by atoms with Crippen molar-refractivity contribution in [2.75, 3.05) is 6.54 Å². The third-order valence-electron chi connectivity index (χ3n) is 5.28. The number of phenolic OH excluding ortho intramolecular Hbond substituents is 1. The molecule has 1 heterocycles. The molecule has 0 aromatic heterocycles. The van der Waals surface area contributed by atoms with Gasteiger partial charge in [-0.05, 0) is 64.2 Å². The van der Waals surface area contributed by atoms with E-state index in [1.165, 1.54) is 12.1 Å². The van der Waals surface area contributed by atoms with Gasteiger partial charge in [0.05, 0.1) is 6.04 Å². The van der Waals surface area contributed by atoms with Gasteiger partial charge in [-0.1, -0.05) is 12.1 Å². The molecule has 34 heavy (non-hydrogen) atoms. The van der Waals surface area contributed by atoms with Gasteiger partial charge in [-0.15, -0.1) is 0 Å². The summed E-state index contributed by atoms with van der Waals surface area (Å²) in [6.07, 6.45) is 1.83. The highest BCUT2D eigenvalue weighted by Crippen LogP contribution is 2.14. The van der Waals surface area contributed by atoms with Gasteiger partial charge in [0.1, 0.15) is 23.4 Å². The molecule has 2 rings (SSSR count). The molecule has 0 aliphatic carbocycles. The van der Waals surface area contributed by atoms with Crippen LogP contribution in [0.25, 0.3) is 0 Å². The zero-order valence-electron chi connectivity index (χ0n) is 20.1. The molecule has 1 fully saturated rings. The molecule has 2 unspecified atom stereocenters. The first-order valence-electron chi connectivity index (χ1n) is 11.6. The number of esters is 1. The standard InChI is InChI=1S/C24H36N4O6/c1-24(2,3)34-23(33)18-6-4-5-13-26-20(30)12-11-17(25)21(31)28-19(22(32)27-18)14-15-7-9-16(29)10-8-15/h7-10,17-19,29H,4-6,11-14,25H2,1-3H3,(H,26,30)(H,27,32)(H,28,31)/t17-,18?,19?/m0/s1. The lowest BCUT2D eigenvalue weighted by molar-refractivity contribution is -0.159. The van der Waals surface area contributed by atoms with Gasteiger partial charge in [0.25, 0.3) is 0 Å². The van der Waals surface area contributed by atoms with E-state index in [9.17, 15) is 24.3 Å². The summed E-state index contributed by atoms with van der Waals surface area (Å²) in [5.41, 5.74) is 5.91. The van der Waals surface area contributed by atoms with Crippen molar-refractivity contribution in [1.29, 1.82) is 0 Å². The van der Waals surface area contributed by atoms with Crippen LogP contribution in [-0.2, 0) is 30.3 Å². The smallest absolute Gasteiger partial charge is 0.329 e. The Labute approximate surface area is 200 Å². The molecule has 0 saturated carbocycles. The highest BCUT2D eigenvalue weighted by molar-refractivity contribution is 5.92. The van der Waals surface area contributed by atoms with Gasteiger partial charge in [0.15, 0.2) is 0 Å². The van der Waals surface area contributed by atoms with Crippen molar-refractivity contribution >= 4 is 23.7 Å². The van der Waals surface area contributed by atoms with Crippen LogP contribution >= 0.6 is 0 Å². The van der Waals surface area contributed by atoms with Crippen LogP contribution in [0.15, 0.2) is 24.3 Å². The van der Waals surface area contributed by atoms with Crippen LogP contribution in [0.5, 0.6) is 5.75 Å². The van der Waals surface area contributed by atoms with E-state index in [4.69, 9.17) is 10.5 Å². The first-order valence-corrected chi connectivity index (χ1v) is 11.6. The van der Waals surface area contributed by atoms with E-state index in [1.54, 1.807) is 32.9 Å². The zero-order valence-corrected chi connectivity index (χ0v) is 20.1. The molecular formula is C24H36N4O6. The molecule has 3 atom stereocenters. The molecule has 0 bridgehead atoms. The first-order chi connectivity index (χ1) is 15.9. The summed E-state index contributed by atoms with van der Waals surface area (Å²) in [5.74, 6) is -1.83. The van der Waals surface area contributed by atoms with Crippen LogP contribution in [0, 0.1) is 0 Å². The number of ether oxygens (including phenoxy) is 1. The number of aromatic hydroxyl groups is 1. The number of carbonyl (C=O) groups is 4. The van der Waals surface area contributed by atoms with Crippen LogP contribution in [-0.4, -0.2) is 59.1 Å². The summed E-state index contributed by atoms with van der Waals surface area (Å²) in [7, 11) is 0. The molecule has 3 amide bonds. The Balaban J connectivity index is 2.27. The van der Waals surface area contributed by atoms with Crippen molar-refractivity contribution in [2.45, 2.75) is 83.0 Å². The minimum Gasteiger partial charge on any atom is -0.508 e. The molecule has 1 aliphatic rings. The number of hydrogen-bond acceptors (Lipinski definition) is 7. The first kappa shape index (κ1) is 27.1. The van der Waals surface area contributed by atoms with Crippen molar-refractivity contribution in [3.05, 3.63) is 29.8 Å². The summed E-state index contributed by atoms with van der Waals surface area (Å²) < 4.78 is 5.48. The largest absolute Gasteiger partial charge is 0.508 e. The Morgan fingerprint density at radius 1 is 1.06 bits per heavy atom. The van der Waals surface area contributed by atoms with Crippen LogP contribution < -0.4 is 21.7 Å². The van der Waals surface area contributed by atoms with Crippen molar-refractivity contribution < 1.29 is 29.0 Å². The van der Waals surface area contributed by atoms with Gasteiger partial charge in [-0.3, -0.25) is 14.4 Å². The molecule has 1 saturated heterocycles. The van der Waals surface area contributed by atoms with Gasteiger partial charge in [0.2, 0.25) is 17.7 Å². The quantitative estimate of drug-likeness (QED) is 0.400. The second kappa shape index (κ2) is 12.4. The van der Waals surface area contributed by atoms with E-state index in [0.717, 1.165) is 0 Å². The van der Waals surface area contributed by atoms with Crippen LogP contribution in [0.4, 0.5) is 0 Å². The van der Waals surface area contributed by atoms with E-state index in [-0.39, 0.29) is 30.9 Å². The average Bonchev–Trinajstić information content (AvgIpc) is 2.75. The fraction of sp³-hybridized carbons (Fsp3) is 0.583. The third kappa shape index (κ3) is 9.38. The van der Waals surface area contributed by atoms with E-state index in [0.29, 0.717) is 31.4 Å². The second-order valence-electron chi connectivity index (χ2n) is 9.52. The Morgan fingerprint density at radius 2 is 1.74 bits per heavy atom. The van der Waals surface area contributed by atoms with Gasteiger partial charge >= 0.3 is 5.97 Å². The number of nitrogens with one attached hydrogen (secondary N) is 3. The van der Waals surface area contributed by atoms with Crippen LogP contribution in [0.2, 0.25) is 0 Å². The topological polar surface area (TPSA) is 160 Å². The fourth-order valence-electron chi connectivity index (χ4n) is 3.46. The minimum absolute atomic E-state index is 0.0737. The number of nitrogens with two attached hydrogens (primary N) is 1. The summed E-state index contributed by atoms with van der Waals surface area (Å²) in [6.45, 7) is 5.64. The van der Waals surface area contributed by atoms with Crippen LogP contribution in [0.3, 0.4) is 0 Å². The number of carbonyl (C=O) groups excluding carboxylic acids is 4. The molecule has 1 aliphatic heterocycles. The molecular weight excluding hydrogens is 440 g/mol. The number of rotatable bonds is 3. The number of hydrogen-bond donors (Lipinski definition) is 5. The zero-order chi connectivity index (χ0) is 25.3. The molecule has 188 valence electrons. The van der Waals surface area contributed by atoms with Gasteiger partial charge in [-0.25, -0.2) is 4.79 Å². The Kier molecular flexibility index (Phi) is 9.85. The highest BCUT2D eigenvalue weighted by atomic mass is 16.6. The Bertz CT molecular complexity index is 865. The van der Waals surface area contributed by atoms with E-state index in [2.05, 4.69) is 16.0 Å². The fourth-order valence-corrected chi connectivity index (χ4v) is 3.46. The second-order valence-corrected chi connectivity index (χ2v) is 9.52. The normalized spacial score (nSPS) is 23.5. The maximum absolute atomic E-state index is 13.2. The Morgan fingerprint density at radius 3 is 2.38 bits per heavy atom. The highest BCUT2D eigenvalue weighted by Gasteiger charge is 2.31. The summed E-state index contributed by atoms with van der Waals surface area (Å²) >= 11 is 0. The molecule has 0 spiro atoms. The predicted molar refractivity (Wildman–Crippen MR) is 126 cm³/mol. The van der Waals surface area contributed by atoms with Crippen molar-refractivity contribution in [1.82, 2.24) is 16.0 Å². The van der Waals surface area contributed by atoms with Gasteiger partial charge in [-0.2, -0.15) is 0 Å². The van der Waals surface area contributed by atoms with E-state index >= 15 is 0 Å². The Hall–Kier alpha value is -3.14. The van der Waals surface area contributed by atoms with E-state index < -0.39 is 41.5 Å². The number of amides is 3. The van der Waals surface area contributed by atoms with E-state index in [1.807, 2.05) is 0 Å². The molecule has 0 radical (unpaired) electrons. The van der Waals surface area contributed by atoms with Gasteiger partial charge < -0.3 is 31.5 Å².